The van der Waals surface area contributed by atoms with Gasteiger partial charge in [0.25, 0.3) is 5.91 Å². The Bertz CT molecular complexity index is 1060. The molecule has 1 amide bonds. The van der Waals surface area contributed by atoms with Gasteiger partial charge in [-0.25, -0.2) is 0 Å². The molecule has 1 fully saturated rings. The lowest BCUT2D eigenvalue weighted by atomic mass is 10.1. The molecule has 3 nitrogen and oxygen atoms in total. The van der Waals surface area contributed by atoms with Crippen LogP contribution in [0.25, 0.3) is 17.4 Å². The van der Waals surface area contributed by atoms with Crippen molar-refractivity contribution in [2.45, 2.75) is 13.0 Å². The van der Waals surface area contributed by atoms with Crippen LogP contribution in [-0.2, 0) is 4.79 Å². The summed E-state index contributed by atoms with van der Waals surface area (Å²) in [4.78, 5) is 15.2. The molecule has 0 aliphatic carbocycles. The van der Waals surface area contributed by atoms with Crippen molar-refractivity contribution >= 4 is 56.2 Å². The zero-order valence-electron chi connectivity index (χ0n) is 15.0. The van der Waals surface area contributed by atoms with E-state index >= 15 is 0 Å². The van der Waals surface area contributed by atoms with Gasteiger partial charge in [-0.1, -0.05) is 82.4 Å². The number of hydrogen-bond donors (Lipinski definition) is 0. The highest BCUT2D eigenvalue weighted by Gasteiger charge is 2.36. The van der Waals surface area contributed by atoms with Crippen LogP contribution in [-0.4, -0.2) is 15.1 Å². The third-order valence-electron chi connectivity index (χ3n) is 4.52. The highest BCUT2D eigenvalue weighted by atomic mass is 79.9. The Kier molecular flexibility index (Phi) is 5.53. The first kappa shape index (κ1) is 19.2. The third kappa shape index (κ3) is 3.85. The van der Waals surface area contributed by atoms with Gasteiger partial charge in [-0.2, -0.15) is 0 Å². The smallest absolute Gasteiger partial charge is 0.266 e. The highest BCUT2D eigenvalue weighted by molar-refractivity contribution is 9.10. The molecule has 0 unspecified atom stereocenters. The number of furan rings is 1. The Morgan fingerprint density at radius 2 is 1.79 bits per heavy atom. The summed E-state index contributed by atoms with van der Waals surface area (Å²) in [5.74, 6) is 1.30. The molecule has 3 aromatic rings. The molecule has 1 aromatic heterocycles. The van der Waals surface area contributed by atoms with Crippen LogP contribution in [0.3, 0.4) is 0 Å². The predicted molar refractivity (Wildman–Crippen MR) is 122 cm³/mol. The molecule has 2 heterocycles. The monoisotopic (exact) mass is 469 g/mol. The minimum absolute atomic E-state index is 0.0899. The van der Waals surface area contributed by atoms with Crippen molar-refractivity contribution in [3.05, 3.63) is 87.4 Å². The van der Waals surface area contributed by atoms with Gasteiger partial charge in [0.2, 0.25) is 0 Å². The molecule has 1 atom stereocenters. The van der Waals surface area contributed by atoms with Crippen LogP contribution in [0.5, 0.6) is 0 Å². The predicted octanol–water partition coefficient (Wildman–Crippen LogP) is 6.67. The van der Waals surface area contributed by atoms with Crippen molar-refractivity contribution in [1.82, 2.24) is 4.90 Å². The van der Waals surface area contributed by atoms with Crippen molar-refractivity contribution in [3.63, 3.8) is 0 Å². The summed E-state index contributed by atoms with van der Waals surface area (Å²) in [5.41, 5.74) is 2.03. The highest BCUT2D eigenvalue weighted by Crippen LogP contribution is 2.38. The maximum atomic E-state index is 13.0. The molecule has 0 radical (unpaired) electrons. The fourth-order valence-corrected chi connectivity index (χ4v) is 4.69. The first-order valence-corrected chi connectivity index (χ1v) is 10.7. The number of thiocarbonyl (C=S) groups is 1. The number of carbonyl (C=O) groups is 1. The molecule has 0 saturated carbocycles. The number of carbonyl (C=O) groups excluding carboxylic acids is 1. The fraction of sp³-hybridized carbons (Fsp3) is 0.0909. The van der Waals surface area contributed by atoms with Crippen molar-refractivity contribution in [2.75, 3.05) is 0 Å². The van der Waals surface area contributed by atoms with E-state index < -0.39 is 0 Å². The number of amides is 1. The Hall–Kier alpha value is -2.15. The second-order valence-electron chi connectivity index (χ2n) is 6.35. The molecule has 2 aromatic carbocycles. The molecular weight excluding hydrogens is 454 g/mol. The van der Waals surface area contributed by atoms with Gasteiger partial charge in [0.05, 0.1) is 10.9 Å². The van der Waals surface area contributed by atoms with Gasteiger partial charge in [0.1, 0.15) is 15.8 Å². The molecule has 6 heteroatoms. The van der Waals surface area contributed by atoms with E-state index in [1.807, 2.05) is 73.7 Å². The SMILES string of the molecule is C[C@H](c1ccccc1)N1C(=O)/C(=C\c2ccc(-c3ccc(Br)cc3)o2)SC1=S. The minimum Gasteiger partial charge on any atom is -0.457 e. The number of thioether (sulfide) groups is 1. The molecule has 28 heavy (non-hydrogen) atoms. The average Bonchev–Trinajstić information content (AvgIpc) is 3.27. The van der Waals surface area contributed by atoms with E-state index in [4.69, 9.17) is 16.6 Å². The Morgan fingerprint density at radius 3 is 2.50 bits per heavy atom. The standard InChI is InChI=1S/C22H16BrNO2S2/c1-14(15-5-3-2-4-6-15)24-21(25)20(28-22(24)27)13-18-11-12-19(26-18)16-7-9-17(23)10-8-16/h2-14H,1H3/b20-13+/t14-/m1/s1. The second-order valence-corrected chi connectivity index (χ2v) is 8.94. The van der Waals surface area contributed by atoms with E-state index in [1.165, 1.54) is 11.8 Å². The normalized spacial score (nSPS) is 16.8. The largest absolute Gasteiger partial charge is 0.457 e. The average molecular weight is 470 g/mol. The lowest BCUT2D eigenvalue weighted by molar-refractivity contribution is -0.123. The van der Waals surface area contributed by atoms with E-state index in [9.17, 15) is 4.79 Å². The van der Waals surface area contributed by atoms with Gasteiger partial charge in [-0.05, 0) is 36.8 Å². The molecule has 0 N–H and O–H groups in total. The quantitative estimate of drug-likeness (QED) is 0.315. The minimum atomic E-state index is -0.116. The second kappa shape index (κ2) is 8.07. The first-order valence-electron chi connectivity index (χ1n) is 8.71. The van der Waals surface area contributed by atoms with E-state index in [1.54, 1.807) is 11.0 Å². The van der Waals surface area contributed by atoms with Crippen LogP contribution in [0.2, 0.25) is 0 Å². The van der Waals surface area contributed by atoms with Crippen LogP contribution < -0.4 is 0 Å². The van der Waals surface area contributed by atoms with Gasteiger partial charge in [0, 0.05) is 16.1 Å². The maximum absolute atomic E-state index is 13.0. The molecule has 1 aliphatic heterocycles. The van der Waals surface area contributed by atoms with E-state index in [-0.39, 0.29) is 11.9 Å². The summed E-state index contributed by atoms with van der Waals surface area (Å²) in [6.45, 7) is 1.99. The molecule has 140 valence electrons. The lowest BCUT2D eigenvalue weighted by Gasteiger charge is -2.23. The molecule has 1 aliphatic rings. The Morgan fingerprint density at radius 1 is 1.07 bits per heavy atom. The van der Waals surface area contributed by atoms with Gasteiger partial charge in [-0.15, -0.1) is 0 Å². The number of hydrogen-bond acceptors (Lipinski definition) is 4. The summed E-state index contributed by atoms with van der Waals surface area (Å²) in [7, 11) is 0. The lowest BCUT2D eigenvalue weighted by Crippen LogP contribution is -2.30. The fourth-order valence-electron chi connectivity index (χ4n) is 3.02. The molecule has 4 rings (SSSR count). The summed E-state index contributed by atoms with van der Waals surface area (Å²) in [6.07, 6.45) is 1.76. The van der Waals surface area contributed by atoms with E-state index in [0.717, 1.165) is 21.4 Å². The van der Waals surface area contributed by atoms with Crippen LogP contribution >= 0.6 is 39.9 Å². The zero-order valence-corrected chi connectivity index (χ0v) is 18.2. The van der Waals surface area contributed by atoms with E-state index in [2.05, 4.69) is 15.9 Å². The third-order valence-corrected chi connectivity index (χ3v) is 6.38. The summed E-state index contributed by atoms with van der Waals surface area (Å²) in [6, 6.07) is 21.4. The first-order chi connectivity index (χ1) is 13.5. The zero-order chi connectivity index (χ0) is 19.7. The van der Waals surface area contributed by atoms with Crippen LogP contribution in [0.1, 0.15) is 24.3 Å². The van der Waals surface area contributed by atoms with Gasteiger partial charge in [0.15, 0.2) is 0 Å². The molecular formula is C22H16BrNO2S2. The number of rotatable bonds is 4. The van der Waals surface area contributed by atoms with Crippen molar-refractivity contribution in [1.29, 1.82) is 0 Å². The summed E-state index contributed by atoms with van der Waals surface area (Å²) in [5, 5.41) is 0. The van der Waals surface area contributed by atoms with Crippen molar-refractivity contribution < 1.29 is 9.21 Å². The molecule has 1 saturated heterocycles. The van der Waals surface area contributed by atoms with Crippen molar-refractivity contribution in [2.24, 2.45) is 0 Å². The Labute approximate surface area is 181 Å². The maximum Gasteiger partial charge on any atom is 0.266 e. The van der Waals surface area contributed by atoms with Crippen LogP contribution in [0, 0.1) is 0 Å². The van der Waals surface area contributed by atoms with E-state index in [0.29, 0.717) is 15.0 Å². The number of nitrogens with zero attached hydrogens (tertiary/aromatic N) is 1. The Balaban J connectivity index is 1.57. The van der Waals surface area contributed by atoms with Crippen LogP contribution in [0.15, 0.2) is 80.5 Å². The molecule has 0 spiro atoms. The van der Waals surface area contributed by atoms with Crippen molar-refractivity contribution in [3.8, 4) is 11.3 Å². The van der Waals surface area contributed by atoms with Gasteiger partial charge < -0.3 is 4.42 Å². The topological polar surface area (TPSA) is 33.5 Å². The van der Waals surface area contributed by atoms with Gasteiger partial charge >= 0.3 is 0 Å². The summed E-state index contributed by atoms with van der Waals surface area (Å²) >= 11 is 10.2. The van der Waals surface area contributed by atoms with Crippen LogP contribution in [0.4, 0.5) is 0 Å². The summed E-state index contributed by atoms with van der Waals surface area (Å²) < 4.78 is 7.49. The molecule has 0 bridgehead atoms. The van der Waals surface area contributed by atoms with Gasteiger partial charge in [-0.3, -0.25) is 9.69 Å². The number of halogens is 1. The number of benzene rings is 2.